The third kappa shape index (κ3) is 27.0. The molecule has 2 atom stereocenters. The van der Waals surface area contributed by atoms with E-state index in [9.17, 15) is 29.1 Å². The number of aryl methyl sites for hydroxylation is 5. The van der Waals surface area contributed by atoms with Gasteiger partial charge in [-0.1, -0.05) is 212 Å². The van der Waals surface area contributed by atoms with Gasteiger partial charge in [0.1, 0.15) is 0 Å². The Labute approximate surface area is 818 Å². The van der Waals surface area contributed by atoms with E-state index in [1.165, 1.54) is 96.9 Å². The van der Waals surface area contributed by atoms with Crippen LogP contribution in [0.4, 0.5) is 5.69 Å². The summed E-state index contributed by atoms with van der Waals surface area (Å²) in [7, 11) is 0. The number of carboxylic acids is 1. The Kier molecular flexibility index (Phi) is 42.0. The van der Waals surface area contributed by atoms with E-state index in [0.717, 1.165) is 95.7 Å². The molecule has 17 nitrogen and oxygen atoms in total. The summed E-state index contributed by atoms with van der Waals surface area (Å²) in [6, 6.07) is 80.0. The van der Waals surface area contributed by atoms with Crippen LogP contribution in [-0.4, -0.2) is 96.3 Å². The monoisotopic (exact) mass is 1890 g/mol. The number of allylic oxidation sites excluding steroid dienone is 4. The second-order valence-electron chi connectivity index (χ2n) is 30.5. The standard InChI is InChI=1S/C24H25NO2.C22H23NO2.2C18H17NO2.C10H13NO2.C9H8.C6H9Br.CH4.Cs.2H2O.2H2/c1-3-27-24(26)19-14-15-22-21(16-19)17(2)23(18-10-6-4-7-11-18)25(22)20-12-8-5-9-13-20;1-15-19-14-17(22(24)25)12-13-20(19)23(18-10-6-3-7-11-18)21(15)16-8-4-2-5-9-16;1-3-21-18(20)14-9-10-16-15(11-14)17(12(2)19-16)13-7-5-4-6-8-13;1-3-21-18(20)14-9-10-16-15(11-14)12(2)17(19-16)13-7-5-4-6-8-13;1-3-13-10(12)8-4-5-9(11)7(2)6-8;1-2-6-9-7-4-3-5-8-9;7-6-4-2-1-3-5-6;;;;;;/h4,6-8,10-12,14-16,20H,3,5,9,13H2,1-2H3;2,4-5,8-9,12-14,18H,3,6-7,10-11H2,1H3,(H,24,25);2*4-11,19H,3H2,1-2H3;4-6H,3,11H2,1-2H3;3-5,7-8H,1H3;2,4,6H,1,3,5H2;1H4;;2*1H2;2*1H/q;;;;;;;;+1;;;;/p-1. The number of rotatable bonds is 15. The van der Waals surface area contributed by atoms with Crippen LogP contribution >= 0.6 is 15.9 Å². The average Bonchev–Trinajstić information content (AvgIpc) is 1.60. The number of alkyl halides is 1. The fraction of sp³-hybridized carbons (Fsp3) is 0.269. The molecule has 10 aromatic carbocycles. The molecule has 0 spiro atoms. The predicted molar refractivity (Wildman–Crippen MR) is 523 cm³/mol. The maximum absolute atomic E-state index is 12.2. The number of carbonyl (C=O) groups is 5. The van der Waals surface area contributed by atoms with E-state index < -0.39 is 5.97 Å². The van der Waals surface area contributed by atoms with Crippen molar-refractivity contribution in [2.45, 2.75) is 164 Å². The maximum atomic E-state index is 12.2. The van der Waals surface area contributed by atoms with E-state index in [4.69, 9.17) is 24.7 Å². The second-order valence-corrected chi connectivity index (χ2v) is 31.7. The van der Waals surface area contributed by atoms with Crippen LogP contribution in [0.5, 0.6) is 0 Å². The minimum absolute atomic E-state index is 0. The van der Waals surface area contributed by atoms with Crippen molar-refractivity contribution in [3.8, 4) is 56.7 Å². The number of nitrogens with two attached hydrogens (primary N) is 1. The molecule has 660 valence electrons. The summed E-state index contributed by atoms with van der Waals surface area (Å²) >= 11 is 3.50. The molecule has 3 aliphatic rings. The fourth-order valence-corrected chi connectivity index (χ4v) is 16.6. The molecule has 4 aromatic heterocycles. The van der Waals surface area contributed by atoms with Crippen LogP contribution in [0.25, 0.3) is 88.5 Å². The third-order valence-electron chi connectivity index (χ3n) is 22.1. The SMILES string of the molecule is BrC1C=CCCC1.C.CC#Cc1ccccc1.CCOC(=O)c1ccc(N)c(C)c1.CCOC(=O)c1ccc2[nH]c(-c3ccccc3)c(C)c2c1.CCOC(=O)c1ccc2[nH]c(C)c(-c3ccccc3)c2c1.CCOC(=O)c1ccc2c(c1)c(C)c(-c1ccccc1)n2C1C=CCCC1.Cc1c(-c2ccccc2)n(C2CCCCC2)c2ccc(C(=O)O)cc12.O.[Cs+].[HH].[HH].[OH-]. The Morgan fingerprint density at radius 2 is 0.874 bits per heavy atom. The second kappa shape index (κ2) is 51.7. The predicted octanol–water partition coefficient (Wildman–Crippen LogP) is 24.0. The topological polar surface area (TPSA) is 271 Å². The van der Waals surface area contributed by atoms with Gasteiger partial charge in [-0.15, -0.1) is 5.92 Å². The van der Waals surface area contributed by atoms with Crippen molar-refractivity contribution >= 4 is 95.1 Å². The number of aromatic carboxylic acids is 1. The minimum Gasteiger partial charge on any atom is -0.870 e. The normalized spacial score (nSPS) is 13.4. The van der Waals surface area contributed by atoms with Gasteiger partial charge in [-0.2, -0.15) is 0 Å². The Balaban J connectivity index is 0.000000273. The molecule has 0 bridgehead atoms. The zero-order chi connectivity index (χ0) is 87.3. The first-order valence-corrected chi connectivity index (χ1v) is 43.7. The number of esters is 4. The Morgan fingerprint density at radius 3 is 1.32 bits per heavy atom. The first-order chi connectivity index (χ1) is 59.7. The number of H-pyrrole nitrogens is 2. The molecule has 1 fully saturated rings. The van der Waals surface area contributed by atoms with Crippen molar-refractivity contribution in [2.75, 3.05) is 32.2 Å². The first kappa shape index (κ1) is 103. The van der Waals surface area contributed by atoms with Gasteiger partial charge >= 0.3 is 98.7 Å². The van der Waals surface area contributed by atoms with E-state index in [2.05, 4.69) is 171 Å². The van der Waals surface area contributed by atoms with Gasteiger partial charge in [-0.3, -0.25) is 0 Å². The number of aromatic amines is 2. The number of carboxylic acid groups (broad SMARTS) is 1. The number of aromatic nitrogens is 4. The molecule has 1 saturated carbocycles. The summed E-state index contributed by atoms with van der Waals surface area (Å²) in [5.74, 6) is 3.81. The number of anilines is 1. The molecule has 14 aromatic rings. The zero-order valence-corrected chi connectivity index (χ0v) is 82.0. The molecule has 0 aliphatic heterocycles. The van der Waals surface area contributed by atoms with Gasteiger partial charge in [0.25, 0.3) is 0 Å². The summed E-state index contributed by atoms with van der Waals surface area (Å²) in [6.07, 6.45) is 22.8. The van der Waals surface area contributed by atoms with Crippen molar-refractivity contribution in [3.63, 3.8) is 0 Å². The van der Waals surface area contributed by atoms with Crippen molar-refractivity contribution in [3.05, 3.63) is 328 Å². The van der Waals surface area contributed by atoms with Gasteiger partial charge in [0.2, 0.25) is 0 Å². The third-order valence-corrected chi connectivity index (χ3v) is 22.8. The van der Waals surface area contributed by atoms with Gasteiger partial charge in [0, 0.05) is 85.5 Å². The molecular formula is C108H123BrCsN5O12. The van der Waals surface area contributed by atoms with Crippen molar-refractivity contribution in [1.29, 1.82) is 0 Å². The van der Waals surface area contributed by atoms with Crippen LogP contribution in [-0.2, 0) is 18.9 Å². The minimum atomic E-state index is -0.868. The molecule has 8 N–H and O–H groups in total. The van der Waals surface area contributed by atoms with Gasteiger partial charge in [0.15, 0.2) is 0 Å². The fourth-order valence-electron chi connectivity index (χ4n) is 16.1. The van der Waals surface area contributed by atoms with Crippen LogP contribution < -0.4 is 74.6 Å². The first-order valence-electron chi connectivity index (χ1n) is 42.7. The number of benzene rings is 10. The largest absolute Gasteiger partial charge is 1.00 e. The van der Waals surface area contributed by atoms with Crippen LogP contribution in [0, 0.1) is 46.5 Å². The zero-order valence-electron chi connectivity index (χ0n) is 74.2. The molecule has 0 saturated heterocycles. The molecule has 3 aliphatic carbocycles. The van der Waals surface area contributed by atoms with E-state index >= 15 is 0 Å². The van der Waals surface area contributed by atoms with Gasteiger partial charge in [-0.05, 0) is 268 Å². The molecule has 0 amide bonds. The van der Waals surface area contributed by atoms with Crippen LogP contribution in [0.3, 0.4) is 0 Å². The van der Waals surface area contributed by atoms with Crippen LogP contribution in [0.1, 0.15) is 213 Å². The molecule has 0 radical (unpaired) electrons. The van der Waals surface area contributed by atoms with Crippen molar-refractivity contribution in [2.24, 2.45) is 0 Å². The Hall–Kier alpha value is -11.0. The van der Waals surface area contributed by atoms with Crippen LogP contribution in [0.15, 0.2) is 267 Å². The van der Waals surface area contributed by atoms with E-state index in [1.54, 1.807) is 43.3 Å². The van der Waals surface area contributed by atoms with E-state index in [-0.39, 0.29) is 114 Å². The number of ether oxygens (including phenoxy) is 4. The van der Waals surface area contributed by atoms with Crippen molar-refractivity contribution < 1.29 is 131 Å². The quantitative estimate of drug-likeness (QED) is 0.0186. The van der Waals surface area contributed by atoms with Gasteiger partial charge < -0.3 is 59.8 Å². The van der Waals surface area contributed by atoms with E-state index in [0.29, 0.717) is 76.8 Å². The Morgan fingerprint density at radius 1 is 0.465 bits per heavy atom. The summed E-state index contributed by atoms with van der Waals surface area (Å²) in [5, 5.41) is 13.7. The average molecular weight is 1900 g/mol. The maximum Gasteiger partial charge on any atom is 1.00 e. The number of hydrogen-bond donors (Lipinski definition) is 4. The van der Waals surface area contributed by atoms with Gasteiger partial charge in [0.05, 0.1) is 71.7 Å². The number of nitrogens with one attached hydrogen (secondary N) is 2. The number of halogens is 1. The van der Waals surface area contributed by atoms with Gasteiger partial charge in [-0.25, -0.2) is 24.0 Å². The smallest absolute Gasteiger partial charge is 0.870 e. The van der Waals surface area contributed by atoms with Crippen LogP contribution in [0.2, 0.25) is 0 Å². The summed E-state index contributed by atoms with van der Waals surface area (Å²) in [6.45, 7) is 20.9. The molecule has 2 unspecified atom stereocenters. The Bertz CT molecular complexity index is 6070. The number of hydrogen-bond acceptors (Lipinski definition) is 11. The summed E-state index contributed by atoms with van der Waals surface area (Å²) in [4.78, 5) is 66.1. The van der Waals surface area contributed by atoms with Crippen molar-refractivity contribution in [1.82, 2.24) is 19.1 Å². The molecular weight excluding hydrogens is 1770 g/mol. The number of fused-ring (bicyclic) bond motifs is 4. The summed E-state index contributed by atoms with van der Waals surface area (Å²) in [5.41, 5.74) is 29.4. The molecule has 19 heteroatoms. The van der Waals surface area contributed by atoms with E-state index in [1.807, 2.05) is 169 Å². The molecule has 17 rings (SSSR count). The number of carbonyl (C=O) groups excluding carboxylic acids is 4. The molecule has 4 heterocycles. The number of nitrogen functional groups attached to an aromatic ring is 1. The summed E-state index contributed by atoms with van der Waals surface area (Å²) < 4.78 is 25.1. The number of nitrogens with zero attached hydrogens (tertiary/aromatic N) is 2. The molecule has 127 heavy (non-hydrogen) atoms.